The number of ether oxygens (including phenoxy) is 1. The van der Waals surface area contributed by atoms with Gasteiger partial charge in [-0.2, -0.15) is 5.10 Å². The summed E-state index contributed by atoms with van der Waals surface area (Å²) in [5, 5.41) is 6.22. The molecule has 0 saturated carbocycles. The zero-order chi connectivity index (χ0) is 24.9. The number of likely N-dealkylation sites (tertiary alicyclic amines) is 1. The lowest BCUT2D eigenvalue weighted by Gasteiger charge is -2.33. The number of hydrazone groups is 1. The molecule has 3 aromatic rings. The Bertz CT molecular complexity index is 1200. The molecule has 5 rings (SSSR count). The topological polar surface area (TPSA) is 45.1 Å². The van der Waals surface area contributed by atoms with Crippen LogP contribution in [0, 0.1) is 11.7 Å². The minimum absolute atomic E-state index is 0.0896. The molecule has 36 heavy (non-hydrogen) atoms. The van der Waals surface area contributed by atoms with E-state index in [0.717, 1.165) is 49.4 Å². The van der Waals surface area contributed by atoms with Gasteiger partial charge in [-0.1, -0.05) is 48.5 Å². The second-order valence-electron chi connectivity index (χ2n) is 9.66. The number of carbonyl (C=O) groups is 1. The fourth-order valence-corrected chi connectivity index (χ4v) is 5.25. The van der Waals surface area contributed by atoms with Crippen LogP contribution in [0.5, 0.6) is 5.75 Å². The normalized spacial score (nSPS) is 18.8. The Kier molecular flexibility index (Phi) is 7.42. The second kappa shape index (κ2) is 11.0. The average molecular weight is 486 g/mol. The van der Waals surface area contributed by atoms with Gasteiger partial charge in [-0.15, -0.1) is 0 Å². The van der Waals surface area contributed by atoms with Crippen molar-refractivity contribution < 1.29 is 13.9 Å². The number of benzene rings is 3. The van der Waals surface area contributed by atoms with Crippen molar-refractivity contribution in [2.75, 3.05) is 26.7 Å². The van der Waals surface area contributed by atoms with Gasteiger partial charge in [0.05, 0.1) is 25.4 Å². The first-order valence-corrected chi connectivity index (χ1v) is 12.7. The van der Waals surface area contributed by atoms with Gasteiger partial charge in [-0.25, -0.2) is 9.40 Å². The molecule has 1 atom stereocenters. The van der Waals surface area contributed by atoms with Crippen molar-refractivity contribution in [3.05, 3.63) is 101 Å². The predicted molar refractivity (Wildman–Crippen MR) is 139 cm³/mol. The van der Waals surface area contributed by atoms with Gasteiger partial charge in [0.1, 0.15) is 11.6 Å². The van der Waals surface area contributed by atoms with Crippen LogP contribution in [0.2, 0.25) is 0 Å². The molecule has 0 unspecified atom stereocenters. The Labute approximate surface area is 212 Å². The zero-order valence-corrected chi connectivity index (χ0v) is 20.6. The molecule has 0 aromatic heterocycles. The third-order valence-corrected chi connectivity index (χ3v) is 7.29. The third-order valence-electron chi connectivity index (χ3n) is 7.29. The summed E-state index contributed by atoms with van der Waals surface area (Å²) in [7, 11) is 1.63. The van der Waals surface area contributed by atoms with Crippen LogP contribution in [0.1, 0.15) is 42.0 Å². The summed E-state index contributed by atoms with van der Waals surface area (Å²) in [6.07, 6.45) is 3.69. The number of hydrogen-bond acceptors (Lipinski definition) is 4. The molecule has 1 fully saturated rings. The first-order valence-electron chi connectivity index (χ1n) is 12.7. The molecule has 2 heterocycles. The number of amides is 1. The maximum atomic E-state index is 14.8. The van der Waals surface area contributed by atoms with Gasteiger partial charge in [-0.05, 0) is 79.7 Å². The van der Waals surface area contributed by atoms with E-state index in [0.29, 0.717) is 24.4 Å². The van der Waals surface area contributed by atoms with Crippen LogP contribution in [0.4, 0.5) is 4.39 Å². The van der Waals surface area contributed by atoms with Crippen LogP contribution >= 0.6 is 0 Å². The molecular weight excluding hydrogens is 453 g/mol. The molecule has 1 saturated heterocycles. The lowest BCUT2D eigenvalue weighted by atomic mass is 9.90. The quantitative estimate of drug-likeness (QED) is 0.446. The van der Waals surface area contributed by atoms with Gasteiger partial charge in [0.25, 0.3) is 5.91 Å². The number of piperidine rings is 1. The van der Waals surface area contributed by atoms with Crippen molar-refractivity contribution >= 4 is 11.6 Å². The fourth-order valence-electron chi connectivity index (χ4n) is 5.25. The van der Waals surface area contributed by atoms with Crippen LogP contribution < -0.4 is 4.74 Å². The van der Waals surface area contributed by atoms with E-state index < -0.39 is 6.04 Å². The smallest absolute Gasteiger partial charge is 0.257 e. The van der Waals surface area contributed by atoms with E-state index in [2.05, 4.69) is 29.2 Å². The summed E-state index contributed by atoms with van der Waals surface area (Å²) in [4.78, 5) is 15.7. The van der Waals surface area contributed by atoms with Crippen molar-refractivity contribution in [1.82, 2.24) is 9.91 Å². The number of rotatable bonds is 7. The summed E-state index contributed by atoms with van der Waals surface area (Å²) in [6.45, 7) is 2.06. The number of nitrogens with zero attached hydrogens (tertiary/aromatic N) is 3. The van der Waals surface area contributed by atoms with Gasteiger partial charge >= 0.3 is 0 Å². The molecule has 0 radical (unpaired) electrons. The molecule has 1 amide bonds. The summed E-state index contributed by atoms with van der Waals surface area (Å²) in [5.41, 5.74) is 3.56. The van der Waals surface area contributed by atoms with E-state index in [9.17, 15) is 9.18 Å². The minimum Gasteiger partial charge on any atom is -0.497 e. The van der Waals surface area contributed by atoms with Gasteiger partial charge < -0.3 is 4.74 Å². The van der Waals surface area contributed by atoms with E-state index in [-0.39, 0.29) is 11.7 Å². The molecule has 2 aliphatic heterocycles. The third kappa shape index (κ3) is 5.49. The molecule has 3 aromatic carbocycles. The molecular formula is C30H32FN3O2. The number of methoxy groups -OCH3 is 1. The molecule has 0 aliphatic carbocycles. The second-order valence-corrected chi connectivity index (χ2v) is 9.66. The monoisotopic (exact) mass is 485 g/mol. The minimum atomic E-state index is -0.452. The summed E-state index contributed by atoms with van der Waals surface area (Å²) >= 11 is 0. The van der Waals surface area contributed by atoms with Crippen LogP contribution in [-0.2, 0) is 11.2 Å². The van der Waals surface area contributed by atoms with Gasteiger partial charge in [-0.3, -0.25) is 9.69 Å². The van der Waals surface area contributed by atoms with Gasteiger partial charge in [0.2, 0.25) is 0 Å². The van der Waals surface area contributed by atoms with Gasteiger partial charge in [0.15, 0.2) is 0 Å². The maximum Gasteiger partial charge on any atom is 0.257 e. The van der Waals surface area contributed by atoms with Crippen molar-refractivity contribution in [2.45, 2.75) is 31.7 Å². The highest BCUT2D eigenvalue weighted by molar-refractivity contribution is 6.03. The largest absolute Gasteiger partial charge is 0.497 e. The highest BCUT2D eigenvalue weighted by Gasteiger charge is 2.35. The van der Waals surface area contributed by atoms with E-state index in [1.54, 1.807) is 19.2 Å². The Morgan fingerprint density at radius 1 is 0.972 bits per heavy atom. The zero-order valence-electron chi connectivity index (χ0n) is 20.6. The van der Waals surface area contributed by atoms with Crippen molar-refractivity contribution in [2.24, 2.45) is 11.0 Å². The van der Waals surface area contributed by atoms with Crippen LogP contribution in [0.3, 0.4) is 0 Å². The average Bonchev–Trinajstić information content (AvgIpc) is 3.36. The Morgan fingerprint density at radius 3 is 2.36 bits per heavy atom. The van der Waals surface area contributed by atoms with E-state index >= 15 is 0 Å². The lowest BCUT2D eigenvalue weighted by Crippen LogP contribution is -2.42. The first-order chi connectivity index (χ1) is 17.6. The number of hydrogen-bond donors (Lipinski definition) is 0. The van der Waals surface area contributed by atoms with E-state index in [1.807, 2.05) is 36.4 Å². The summed E-state index contributed by atoms with van der Waals surface area (Å²) in [5.74, 6) is 0.990. The van der Waals surface area contributed by atoms with Crippen molar-refractivity contribution in [3.63, 3.8) is 0 Å². The maximum absolute atomic E-state index is 14.8. The lowest BCUT2D eigenvalue weighted by molar-refractivity contribution is -0.134. The van der Waals surface area contributed by atoms with Crippen LogP contribution in [0.25, 0.3) is 0 Å². The molecule has 186 valence electrons. The summed E-state index contributed by atoms with van der Waals surface area (Å²) < 4.78 is 20.0. The van der Waals surface area contributed by atoms with Crippen LogP contribution in [0.15, 0.2) is 84.0 Å². The molecule has 0 bridgehead atoms. The molecule has 2 aliphatic rings. The van der Waals surface area contributed by atoms with Crippen molar-refractivity contribution in [1.29, 1.82) is 0 Å². The SMILES string of the molecule is COc1ccc(C2=NN(C(=O)CN3CCC(Cc4ccccc4)CC3)[C@@H](c3ccccc3F)C2)cc1. The van der Waals surface area contributed by atoms with Crippen LogP contribution in [-0.4, -0.2) is 48.3 Å². The molecule has 5 nitrogen and oxygen atoms in total. The molecule has 0 N–H and O–H groups in total. The molecule has 0 spiro atoms. The standard InChI is InChI=1S/C30H32FN3O2/c1-36-25-13-11-24(12-14-25)28-20-29(26-9-5-6-10-27(26)31)34(32-28)30(35)21-33-17-15-23(16-18-33)19-22-7-3-2-4-8-22/h2-14,23,29H,15-21H2,1H3/t29-/m1/s1. The summed E-state index contributed by atoms with van der Waals surface area (Å²) in [6, 6.07) is 24.4. The number of carbonyl (C=O) groups excluding carboxylic acids is 1. The Balaban J connectivity index is 1.28. The van der Waals surface area contributed by atoms with Crippen molar-refractivity contribution in [3.8, 4) is 5.75 Å². The number of halogens is 1. The Morgan fingerprint density at radius 2 is 1.67 bits per heavy atom. The highest BCUT2D eigenvalue weighted by Crippen LogP contribution is 2.34. The first kappa shape index (κ1) is 24.2. The van der Waals surface area contributed by atoms with E-state index in [1.165, 1.54) is 16.6 Å². The fraction of sp³-hybridized carbons (Fsp3) is 0.333. The predicted octanol–water partition coefficient (Wildman–Crippen LogP) is 5.47. The van der Waals surface area contributed by atoms with Gasteiger partial charge in [0, 0.05) is 12.0 Å². The van der Waals surface area contributed by atoms with E-state index in [4.69, 9.17) is 9.84 Å². The Hall–Kier alpha value is -3.51. The highest BCUT2D eigenvalue weighted by atomic mass is 19.1. The molecule has 6 heteroatoms.